The number of nitrogens with one attached hydrogen (secondary N) is 1. The number of aromatic nitrogens is 3. The molecule has 1 heterocycles. The maximum atomic E-state index is 9.95. The Bertz CT molecular complexity index is 374. The molecule has 17 heavy (non-hydrogen) atoms. The Morgan fingerprint density at radius 2 is 2.18 bits per heavy atom. The Morgan fingerprint density at radius 1 is 1.47 bits per heavy atom. The minimum Gasteiger partial charge on any atom is -0.467 e. The van der Waals surface area contributed by atoms with Gasteiger partial charge in [-0.3, -0.25) is 0 Å². The van der Waals surface area contributed by atoms with E-state index in [-0.39, 0.29) is 17.9 Å². The molecule has 0 aliphatic rings. The normalized spacial score (nSPS) is 14.1. The molecule has 0 amide bonds. The SMILES string of the molecule is COc1nc(N)nc(NCC(C)(O)CSC)n1. The maximum Gasteiger partial charge on any atom is 0.322 e. The van der Waals surface area contributed by atoms with E-state index in [0.717, 1.165) is 0 Å². The van der Waals surface area contributed by atoms with E-state index >= 15 is 0 Å². The molecule has 7 nitrogen and oxygen atoms in total. The largest absolute Gasteiger partial charge is 0.467 e. The summed E-state index contributed by atoms with van der Waals surface area (Å²) < 4.78 is 4.87. The summed E-state index contributed by atoms with van der Waals surface area (Å²) in [6.07, 6.45) is 1.93. The van der Waals surface area contributed by atoms with E-state index in [0.29, 0.717) is 12.3 Å². The highest BCUT2D eigenvalue weighted by Crippen LogP contribution is 2.13. The summed E-state index contributed by atoms with van der Waals surface area (Å²) in [5, 5.41) is 12.9. The molecule has 1 aromatic rings. The van der Waals surface area contributed by atoms with Crippen LogP contribution in [0.25, 0.3) is 0 Å². The Balaban J connectivity index is 2.65. The number of nitrogens with two attached hydrogens (primary N) is 1. The summed E-state index contributed by atoms with van der Waals surface area (Å²) in [7, 11) is 1.45. The highest BCUT2D eigenvalue weighted by Gasteiger charge is 2.19. The summed E-state index contributed by atoms with van der Waals surface area (Å²) in [6, 6.07) is 0.143. The van der Waals surface area contributed by atoms with Gasteiger partial charge in [-0.25, -0.2) is 0 Å². The molecule has 0 aliphatic heterocycles. The highest BCUT2D eigenvalue weighted by molar-refractivity contribution is 7.98. The molecule has 0 saturated heterocycles. The van der Waals surface area contributed by atoms with Gasteiger partial charge in [-0.15, -0.1) is 0 Å². The van der Waals surface area contributed by atoms with E-state index in [1.165, 1.54) is 7.11 Å². The van der Waals surface area contributed by atoms with Gasteiger partial charge in [-0.05, 0) is 13.2 Å². The van der Waals surface area contributed by atoms with Crippen LogP contribution in [-0.4, -0.2) is 51.3 Å². The van der Waals surface area contributed by atoms with Crippen molar-refractivity contribution in [3.8, 4) is 6.01 Å². The van der Waals surface area contributed by atoms with Gasteiger partial charge in [0.2, 0.25) is 11.9 Å². The number of thioether (sulfide) groups is 1. The van der Waals surface area contributed by atoms with Crippen LogP contribution in [0.4, 0.5) is 11.9 Å². The van der Waals surface area contributed by atoms with Gasteiger partial charge in [0.1, 0.15) is 0 Å². The predicted molar refractivity (Wildman–Crippen MR) is 68.3 cm³/mol. The van der Waals surface area contributed by atoms with Crippen molar-refractivity contribution in [2.24, 2.45) is 0 Å². The lowest BCUT2D eigenvalue weighted by molar-refractivity contribution is 0.0995. The third kappa shape index (κ3) is 4.61. The molecule has 4 N–H and O–H groups in total. The van der Waals surface area contributed by atoms with Gasteiger partial charge in [-0.2, -0.15) is 26.7 Å². The van der Waals surface area contributed by atoms with Gasteiger partial charge in [0.05, 0.1) is 12.7 Å². The third-order valence-electron chi connectivity index (χ3n) is 1.90. The average Bonchev–Trinajstić information content (AvgIpc) is 2.26. The molecule has 0 fully saturated rings. The lowest BCUT2D eigenvalue weighted by Crippen LogP contribution is -2.36. The number of hydrogen-bond acceptors (Lipinski definition) is 8. The highest BCUT2D eigenvalue weighted by atomic mass is 32.2. The molecule has 0 aromatic carbocycles. The fourth-order valence-corrected chi connectivity index (χ4v) is 1.90. The molecule has 96 valence electrons. The first-order valence-electron chi connectivity index (χ1n) is 4.97. The first-order chi connectivity index (χ1) is 7.96. The van der Waals surface area contributed by atoms with Crippen molar-refractivity contribution in [2.75, 3.05) is 36.7 Å². The molecule has 0 bridgehead atoms. The fraction of sp³-hybridized carbons (Fsp3) is 0.667. The van der Waals surface area contributed by atoms with Crippen LogP contribution in [0.15, 0.2) is 0 Å². The zero-order chi connectivity index (χ0) is 12.9. The Hall–Kier alpha value is -1.28. The minimum atomic E-state index is -0.839. The standard InChI is InChI=1S/C9H17N5O2S/c1-9(15,5-17-3)4-11-7-12-6(10)13-8(14-7)16-2/h15H,4-5H2,1-3H3,(H3,10,11,12,13,14). The number of hydrogen-bond donors (Lipinski definition) is 3. The van der Waals surface area contributed by atoms with Crippen LogP contribution in [0.1, 0.15) is 6.92 Å². The van der Waals surface area contributed by atoms with Crippen molar-refractivity contribution >= 4 is 23.7 Å². The summed E-state index contributed by atoms with van der Waals surface area (Å²) in [5.74, 6) is 0.970. The van der Waals surface area contributed by atoms with E-state index in [1.54, 1.807) is 18.7 Å². The van der Waals surface area contributed by atoms with Crippen molar-refractivity contribution in [1.29, 1.82) is 0 Å². The summed E-state index contributed by atoms with van der Waals surface area (Å²) in [5.41, 5.74) is 4.64. The minimum absolute atomic E-state index is 0.0730. The Labute approximate surface area is 104 Å². The number of ether oxygens (including phenoxy) is 1. The van der Waals surface area contributed by atoms with Crippen molar-refractivity contribution in [3.63, 3.8) is 0 Å². The van der Waals surface area contributed by atoms with Crippen LogP contribution in [0, 0.1) is 0 Å². The van der Waals surface area contributed by atoms with Crippen molar-refractivity contribution in [1.82, 2.24) is 15.0 Å². The second-order valence-electron chi connectivity index (χ2n) is 3.79. The van der Waals surface area contributed by atoms with Crippen LogP contribution in [-0.2, 0) is 0 Å². The first-order valence-corrected chi connectivity index (χ1v) is 6.37. The van der Waals surface area contributed by atoms with E-state index in [4.69, 9.17) is 10.5 Å². The number of aliphatic hydroxyl groups is 1. The van der Waals surface area contributed by atoms with Gasteiger partial charge >= 0.3 is 6.01 Å². The fourth-order valence-electron chi connectivity index (χ4n) is 1.17. The third-order valence-corrected chi connectivity index (χ3v) is 2.81. The molecule has 1 rings (SSSR count). The number of rotatable bonds is 6. The molecule has 0 aliphatic carbocycles. The predicted octanol–water partition coefficient (Wildman–Crippen LogP) is -0.0117. The number of nitrogen functional groups attached to an aromatic ring is 1. The second-order valence-corrected chi connectivity index (χ2v) is 4.65. The van der Waals surface area contributed by atoms with Crippen LogP contribution in [0.2, 0.25) is 0 Å². The van der Waals surface area contributed by atoms with Crippen LogP contribution in [0.5, 0.6) is 6.01 Å². The molecule has 1 atom stereocenters. The summed E-state index contributed by atoms with van der Waals surface area (Å²) >= 11 is 1.56. The zero-order valence-corrected chi connectivity index (χ0v) is 10.9. The van der Waals surface area contributed by atoms with Crippen molar-refractivity contribution in [2.45, 2.75) is 12.5 Å². The quantitative estimate of drug-likeness (QED) is 0.655. The van der Waals surface area contributed by atoms with Gasteiger partial charge in [0.25, 0.3) is 0 Å². The molecule has 0 radical (unpaired) electrons. The number of anilines is 2. The number of nitrogens with zero attached hydrogens (tertiary/aromatic N) is 3. The van der Waals surface area contributed by atoms with Crippen molar-refractivity contribution in [3.05, 3.63) is 0 Å². The summed E-state index contributed by atoms with van der Waals surface area (Å²) in [6.45, 7) is 2.05. The molecule has 0 saturated carbocycles. The number of methoxy groups -OCH3 is 1. The lowest BCUT2D eigenvalue weighted by Gasteiger charge is -2.22. The molecular formula is C9H17N5O2S. The second kappa shape index (κ2) is 5.87. The first kappa shape index (κ1) is 13.8. The van der Waals surface area contributed by atoms with Gasteiger partial charge in [0, 0.05) is 12.3 Å². The molecule has 1 unspecified atom stereocenters. The molecule has 0 spiro atoms. The Morgan fingerprint density at radius 3 is 2.76 bits per heavy atom. The maximum absolute atomic E-state index is 9.95. The van der Waals surface area contributed by atoms with E-state index in [9.17, 15) is 5.11 Å². The van der Waals surface area contributed by atoms with E-state index < -0.39 is 5.60 Å². The van der Waals surface area contributed by atoms with Gasteiger partial charge < -0.3 is 20.9 Å². The smallest absolute Gasteiger partial charge is 0.322 e. The van der Waals surface area contributed by atoms with Crippen LogP contribution in [0.3, 0.4) is 0 Å². The van der Waals surface area contributed by atoms with E-state index in [2.05, 4.69) is 20.3 Å². The van der Waals surface area contributed by atoms with E-state index in [1.807, 2.05) is 6.26 Å². The van der Waals surface area contributed by atoms with Crippen LogP contribution < -0.4 is 15.8 Å². The lowest BCUT2D eigenvalue weighted by atomic mass is 10.1. The monoisotopic (exact) mass is 259 g/mol. The summed E-state index contributed by atoms with van der Waals surface area (Å²) in [4.78, 5) is 11.6. The van der Waals surface area contributed by atoms with Crippen LogP contribution >= 0.6 is 11.8 Å². The Kier molecular flexibility index (Phi) is 4.76. The molecule has 8 heteroatoms. The van der Waals surface area contributed by atoms with Crippen molar-refractivity contribution < 1.29 is 9.84 Å². The molecular weight excluding hydrogens is 242 g/mol. The topological polar surface area (TPSA) is 106 Å². The van der Waals surface area contributed by atoms with Gasteiger partial charge in [-0.1, -0.05) is 0 Å². The average molecular weight is 259 g/mol. The van der Waals surface area contributed by atoms with Gasteiger partial charge in [0.15, 0.2) is 0 Å². The zero-order valence-electron chi connectivity index (χ0n) is 10.1. The molecule has 1 aromatic heterocycles.